The van der Waals surface area contributed by atoms with Gasteiger partial charge in [-0.05, 0) is 89.6 Å². The Hall–Kier alpha value is -3.42. The van der Waals surface area contributed by atoms with Gasteiger partial charge in [0.2, 0.25) is 0 Å². The van der Waals surface area contributed by atoms with Crippen LogP contribution < -0.4 is 16.6 Å². The number of amides is 1. The number of nitrogens with zero attached hydrogens (tertiary/aromatic N) is 3. The van der Waals surface area contributed by atoms with Crippen LogP contribution in [0.1, 0.15) is 63.6 Å². The van der Waals surface area contributed by atoms with Gasteiger partial charge in [0, 0.05) is 18.3 Å². The summed E-state index contributed by atoms with van der Waals surface area (Å²) < 4.78 is 8.28. The molecule has 1 aliphatic carbocycles. The molecule has 0 radical (unpaired) electrons. The number of carbonyl (C=O) groups is 1. The van der Waals surface area contributed by atoms with Crippen molar-refractivity contribution >= 4 is 17.1 Å². The highest BCUT2D eigenvalue weighted by Gasteiger charge is 2.28. The summed E-state index contributed by atoms with van der Waals surface area (Å²) in [6, 6.07) is 9.11. The summed E-state index contributed by atoms with van der Waals surface area (Å²) in [6.07, 6.45) is 3.75. The third-order valence-electron chi connectivity index (χ3n) is 6.10. The van der Waals surface area contributed by atoms with Gasteiger partial charge in [-0.25, -0.2) is 19.1 Å². The second-order valence-corrected chi connectivity index (χ2v) is 10.2. The number of rotatable bonds is 3. The number of ether oxygens (including phenoxy) is 1. The maximum Gasteiger partial charge on any atom is 0.407 e. The number of hydrogen-bond donors (Lipinski definition) is 1. The van der Waals surface area contributed by atoms with Crippen LogP contribution in [0.25, 0.3) is 16.7 Å². The Kier molecular flexibility index (Phi) is 6.34. The van der Waals surface area contributed by atoms with E-state index in [4.69, 9.17) is 4.74 Å². The van der Waals surface area contributed by atoms with Gasteiger partial charge in [0.15, 0.2) is 5.65 Å². The van der Waals surface area contributed by atoms with E-state index in [1.54, 1.807) is 12.3 Å². The maximum absolute atomic E-state index is 13.7. The summed E-state index contributed by atoms with van der Waals surface area (Å²) in [5.74, 6) is 0. The molecule has 1 fully saturated rings. The first-order valence-corrected chi connectivity index (χ1v) is 11.7. The normalized spacial score (nSPS) is 18.6. The number of benzene rings is 1. The van der Waals surface area contributed by atoms with Crippen molar-refractivity contribution < 1.29 is 9.53 Å². The van der Waals surface area contributed by atoms with Gasteiger partial charge < -0.3 is 10.1 Å². The van der Waals surface area contributed by atoms with Crippen molar-refractivity contribution in [1.82, 2.24) is 19.4 Å². The topological polar surface area (TPSA) is 95.2 Å². The molecular formula is C26H32N4O4. The Bertz CT molecular complexity index is 1340. The highest BCUT2D eigenvalue weighted by molar-refractivity contribution is 5.76. The van der Waals surface area contributed by atoms with Crippen LogP contribution in [-0.2, 0) is 4.74 Å². The van der Waals surface area contributed by atoms with Crippen molar-refractivity contribution in [2.75, 3.05) is 0 Å². The molecule has 34 heavy (non-hydrogen) atoms. The third kappa shape index (κ3) is 4.90. The van der Waals surface area contributed by atoms with Crippen LogP contribution in [-0.4, -0.2) is 31.9 Å². The summed E-state index contributed by atoms with van der Waals surface area (Å²) in [4.78, 5) is 43.8. The highest BCUT2D eigenvalue weighted by atomic mass is 16.6. The Morgan fingerprint density at radius 2 is 1.76 bits per heavy atom. The molecule has 0 bridgehead atoms. The third-order valence-corrected chi connectivity index (χ3v) is 6.10. The summed E-state index contributed by atoms with van der Waals surface area (Å²) in [5.41, 5.74) is 1.65. The van der Waals surface area contributed by atoms with Crippen LogP contribution >= 0.6 is 0 Å². The summed E-state index contributed by atoms with van der Waals surface area (Å²) in [6.45, 7) is 9.32. The summed E-state index contributed by atoms with van der Waals surface area (Å²) >= 11 is 0. The number of aromatic nitrogens is 3. The van der Waals surface area contributed by atoms with Crippen molar-refractivity contribution in [2.45, 2.75) is 78.0 Å². The molecule has 0 aliphatic heterocycles. The monoisotopic (exact) mass is 464 g/mol. The van der Waals surface area contributed by atoms with Crippen molar-refractivity contribution in [2.24, 2.45) is 0 Å². The van der Waals surface area contributed by atoms with E-state index >= 15 is 0 Å². The average Bonchev–Trinajstić information content (AvgIpc) is 2.74. The second-order valence-electron chi connectivity index (χ2n) is 10.2. The van der Waals surface area contributed by atoms with E-state index in [1.807, 2.05) is 58.9 Å². The van der Waals surface area contributed by atoms with E-state index in [2.05, 4.69) is 10.3 Å². The predicted octanol–water partition coefficient (Wildman–Crippen LogP) is 4.17. The fourth-order valence-corrected chi connectivity index (χ4v) is 4.59. The Labute approximate surface area is 198 Å². The lowest BCUT2D eigenvalue weighted by molar-refractivity contribution is 0.0487. The van der Waals surface area contributed by atoms with E-state index in [-0.39, 0.29) is 23.3 Å². The number of aryl methyl sites for hydroxylation is 2. The minimum absolute atomic E-state index is 0.0508. The van der Waals surface area contributed by atoms with E-state index in [0.717, 1.165) is 11.1 Å². The molecule has 8 heteroatoms. The SMILES string of the molecule is Cc1cccc(-n2c(=O)n(C3CCC(NC(=O)OC(C)(C)C)CC3)c(=O)c3cc(C)cnc32)c1. The maximum atomic E-state index is 13.7. The lowest BCUT2D eigenvalue weighted by atomic mass is 9.91. The zero-order valence-corrected chi connectivity index (χ0v) is 20.4. The largest absolute Gasteiger partial charge is 0.444 e. The smallest absolute Gasteiger partial charge is 0.407 e. The molecule has 1 amide bonds. The predicted molar refractivity (Wildman–Crippen MR) is 132 cm³/mol. The molecule has 2 aromatic heterocycles. The van der Waals surface area contributed by atoms with Gasteiger partial charge in [-0.3, -0.25) is 9.36 Å². The van der Waals surface area contributed by atoms with Crippen LogP contribution in [0.3, 0.4) is 0 Å². The number of nitrogens with one attached hydrogen (secondary N) is 1. The number of fused-ring (bicyclic) bond motifs is 1. The number of hydrogen-bond acceptors (Lipinski definition) is 5. The molecule has 1 saturated carbocycles. The molecule has 1 aromatic carbocycles. The average molecular weight is 465 g/mol. The zero-order valence-electron chi connectivity index (χ0n) is 20.4. The molecule has 0 atom stereocenters. The van der Waals surface area contributed by atoms with E-state index < -0.39 is 11.7 Å². The minimum Gasteiger partial charge on any atom is -0.444 e. The number of carbonyl (C=O) groups excluding carboxylic acids is 1. The quantitative estimate of drug-likeness (QED) is 0.628. The highest BCUT2D eigenvalue weighted by Crippen LogP contribution is 2.28. The van der Waals surface area contributed by atoms with Crippen LogP contribution in [0.5, 0.6) is 0 Å². The van der Waals surface area contributed by atoms with Crippen LogP contribution in [0.4, 0.5) is 4.79 Å². The first kappa shape index (κ1) is 23.7. The first-order chi connectivity index (χ1) is 16.0. The van der Waals surface area contributed by atoms with Gasteiger partial charge in [0.05, 0.1) is 11.1 Å². The standard InChI is InChI=1S/C26H32N4O4/c1-16-7-6-8-20(13-16)29-22-21(14-17(2)15-27-22)23(31)30(25(29)33)19-11-9-18(10-12-19)28-24(32)34-26(3,4)5/h6-8,13-15,18-19H,9-12H2,1-5H3,(H,28,32). The van der Waals surface area contributed by atoms with E-state index in [0.29, 0.717) is 42.4 Å². The van der Waals surface area contributed by atoms with Crippen molar-refractivity contribution in [3.05, 3.63) is 68.5 Å². The Morgan fingerprint density at radius 3 is 2.41 bits per heavy atom. The van der Waals surface area contributed by atoms with Gasteiger partial charge in [0.1, 0.15) is 5.60 Å². The van der Waals surface area contributed by atoms with Gasteiger partial charge >= 0.3 is 11.8 Å². The Morgan fingerprint density at radius 1 is 1.06 bits per heavy atom. The number of alkyl carbamates (subject to hydrolysis) is 1. The molecule has 8 nitrogen and oxygen atoms in total. The zero-order chi connectivity index (χ0) is 24.6. The lowest BCUT2D eigenvalue weighted by Crippen LogP contribution is -2.45. The molecule has 3 aromatic rings. The van der Waals surface area contributed by atoms with Gasteiger partial charge in [0.25, 0.3) is 5.56 Å². The van der Waals surface area contributed by atoms with E-state index in [1.165, 1.54) is 9.13 Å². The molecule has 0 spiro atoms. The molecule has 4 rings (SSSR count). The first-order valence-electron chi connectivity index (χ1n) is 11.7. The van der Waals surface area contributed by atoms with Gasteiger partial charge in [-0.2, -0.15) is 0 Å². The fourth-order valence-electron chi connectivity index (χ4n) is 4.59. The Balaban J connectivity index is 1.70. The summed E-state index contributed by atoms with van der Waals surface area (Å²) in [5, 5.41) is 3.34. The van der Waals surface area contributed by atoms with Crippen molar-refractivity contribution in [3.8, 4) is 5.69 Å². The molecule has 2 heterocycles. The van der Waals surface area contributed by atoms with Crippen molar-refractivity contribution in [3.63, 3.8) is 0 Å². The van der Waals surface area contributed by atoms with Crippen molar-refractivity contribution in [1.29, 1.82) is 0 Å². The van der Waals surface area contributed by atoms with Crippen LogP contribution in [0.15, 0.2) is 46.1 Å². The minimum atomic E-state index is -0.563. The van der Waals surface area contributed by atoms with E-state index in [9.17, 15) is 14.4 Å². The van der Waals surface area contributed by atoms with Crippen LogP contribution in [0.2, 0.25) is 0 Å². The summed E-state index contributed by atoms with van der Waals surface area (Å²) in [7, 11) is 0. The second kappa shape index (κ2) is 9.08. The fraction of sp³-hybridized carbons (Fsp3) is 0.462. The van der Waals surface area contributed by atoms with Crippen LogP contribution in [0, 0.1) is 13.8 Å². The van der Waals surface area contributed by atoms with Gasteiger partial charge in [-0.1, -0.05) is 12.1 Å². The van der Waals surface area contributed by atoms with Gasteiger partial charge in [-0.15, -0.1) is 0 Å². The molecule has 0 saturated heterocycles. The molecule has 1 aliphatic rings. The molecule has 180 valence electrons. The molecule has 1 N–H and O–H groups in total. The number of pyridine rings is 1. The molecular weight excluding hydrogens is 432 g/mol. The molecule has 0 unspecified atom stereocenters. The lowest BCUT2D eigenvalue weighted by Gasteiger charge is -2.31.